The molecule has 1 fully saturated rings. The van der Waals surface area contributed by atoms with Gasteiger partial charge in [-0.15, -0.1) is 24.0 Å². The third-order valence-corrected chi connectivity index (χ3v) is 4.90. The van der Waals surface area contributed by atoms with Gasteiger partial charge in [-0.25, -0.2) is 0 Å². The number of nitrogens with two attached hydrogens (primary N) is 1. The molecule has 0 radical (unpaired) electrons. The van der Waals surface area contributed by atoms with Crippen LogP contribution >= 0.6 is 47.2 Å². The van der Waals surface area contributed by atoms with Crippen molar-refractivity contribution in [2.75, 3.05) is 19.0 Å². The molecule has 1 aliphatic carbocycles. The molecule has 0 saturated heterocycles. The lowest BCUT2D eigenvalue weighted by Gasteiger charge is -2.15. The minimum absolute atomic E-state index is 0. The first-order valence-corrected chi connectivity index (χ1v) is 8.45. The molecule has 0 aromatic heterocycles. The maximum Gasteiger partial charge on any atom is 0.193 e. The fraction of sp³-hybridized carbons (Fsp3) is 0.278. The molecular formula is C18H20Cl2IN3O. The summed E-state index contributed by atoms with van der Waals surface area (Å²) < 4.78 is 5.13. The van der Waals surface area contributed by atoms with Gasteiger partial charge in [-0.2, -0.15) is 0 Å². The zero-order valence-electron chi connectivity index (χ0n) is 13.8. The minimum Gasteiger partial charge on any atom is -0.495 e. The van der Waals surface area contributed by atoms with Crippen LogP contribution in [-0.2, 0) is 5.41 Å². The number of anilines is 1. The summed E-state index contributed by atoms with van der Waals surface area (Å²) in [6.45, 7) is 0.611. The van der Waals surface area contributed by atoms with E-state index in [1.165, 1.54) is 0 Å². The summed E-state index contributed by atoms with van der Waals surface area (Å²) in [5.41, 5.74) is 7.94. The Morgan fingerprint density at radius 2 is 1.92 bits per heavy atom. The van der Waals surface area contributed by atoms with E-state index >= 15 is 0 Å². The summed E-state index contributed by atoms with van der Waals surface area (Å²) in [5, 5.41) is 4.36. The second kappa shape index (κ2) is 8.47. The van der Waals surface area contributed by atoms with E-state index in [1.54, 1.807) is 19.2 Å². The molecule has 134 valence electrons. The molecule has 7 heteroatoms. The van der Waals surface area contributed by atoms with Crippen LogP contribution < -0.4 is 15.8 Å². The van der Waals surface area contributed by atoms with Crippen molar-refractivity contribution in [3.05, 3.63) is 58.1 Å². The maximum absolute atomic E-state index is 6.32. The van der Waals surface area contributed by atoms with Gasteiger partial charge in [0.15, 0.2) is 5.96 Å². The van der Waals surface area contributed by atoms with Gasteiger partial charge in [-0.05, 0) is 42.7 Å². The third-order valence-electron chi connectivity index (χ3n) is 4.28. The number of benzene rings is 2. The number of hydrogen-bond donors (Lipinski definition) is 2. The second-order valence-electron chi connectivity index (χ2n) is 5.94. The molecule has 3 N–H and O–H groups in total. The maximum atomic E-state index is 6.32. The number of guanidine groups is 1. The molecule has 0 unspecified atom stereocenters. The molecule has 3 rings (SSSR count). The monoisotopic (exact) mass is 491 g/mol. The molecule has 0 heterocycles. The van der Waals surface area contributed by atoms with Crippen molar-refractivity contribution >= 4 is 58.8 Å². The molecule has 0 amide bonds. The van der Waals surface area contributed by atoms with Crippen molar-refractivity contribution in [3.63, 3.8) is 0 Å². The molecule has 0 atom stereocenters. The molecule has 1 aliphatic rings. The van der Waals surface area contributed by atoms with Crippen LogP contribution in [-0.4, -0.2) is 19.6 Å². The Balaban J connectivity index is 0.00000225. The highest BCUT2D eigenvalue weighted by molar-refractivity contribution is 14.0. The molecule has 2 aromatic rings. The van der Waals surface area contributed by atoms with E-state index in [9.17, 15) is 0 Å². The zero-order chi connectivity index (χ0) is 17.2. The lowest BCUT2D eigenvalue weighted by molar-refractivity contribution is 0.415. The Kier molecular flexibility index (Phi) is 6.82. The Morgan fingerprint density at radius 3 is 2.52 bits per heavy atom. The lowest BCUT2D eigenvalue weighted by Crippen LogP contribution is -2.25. The first kappa shape index (κ1) is 20.1. The largest absolute Gasteiger partial charge is 0.495 e. The van der Waals surface area contributed by atoms with Gasteiger partial charge in [0.25, 0.3) is 0 Å². The SMILES string of the molecule is COc1ccc(NC(N)=NCC2(c3ccccc3Cl)CC2)cc1Cl.I. The Labute approximate surface area is 174 Å². The molecule has 1 saturated carbocycles. The van der Waals surface area contributed by atoms with Crippen LogP contribution in [0.1, 0.15) is 18.4 Å². The van der Waals surface area contributed by atoms with Crippen LogP contribution in [0.3, 0.4) is 0 Å². The smallest absolute Gasteiger partial charge is 0.193 e. The van der Waals surface area contributed by atoms with Gasteiger partial charge in [0.2, 0.25) is 0 Å². The zero-order valence-corrected chi connectivity index (χ0v) is 17.6. The number of nitrogens with one attached hydrogen (secondary N) is 1. The van der Waals surface area contributed by atoms with Crippen LogP contribution in [0.4, 0.5) is 5.69 Å². The van der Waals surface area contributed by atoms with Crippen LogP contribution in [0.25, 0.3) is 0 Å². The number of rotatable bonds is 5. The highest BCUT2D eigenvalue weighted by atomic mass is 127. The standard InChI is InChI=1S/C18H19Cl2N3O.HI/c1-24-16-7-6-12(10-15(16)20)23-17(21)22-11-18(8-9-18)13-4-2-3-5-14(13)19;/h2-7,10H,8-9,11H2,1H3,(H3,21,22,23);1H. The van der Waals surface area contributed by atoms with Gasteiger partial charge in [-0.3, -0.25) is 4.99 Å². The van der Waals surface area contributed by atoms with Crippen LogP contribution in [0, 0.1) is 0 Å². The van der Waals surface area contributed by atoms with Gasteiger partial charge < -0.3 is 15.8 Å². The molecule has 4 nitrogen and oxygen atoms in total. The molecule has 25 heavy (non-hydrogen) atoms. The fourth-order valence-corrected chi connectivity index (χ4v) is 3.32. The number of methoxy groups -OCH3 is 1. The van der Waals surface area contributed by atoms with E-state index in [4.69, 9.17) is 33.7 Å². The van der Waals surface area contributed by atoms with Gasteiger partial charge >= 0.3 is 0 Å². The summed E-state index contributed by atoms with van der Waals surface area (Å²) in [4.78, 5) is 4.49. The summed E-state index contributed by atoms with van der Waals surface area (Å²) in [5.74, 6) is 0.975. The van der Waals surface area contributed by atoms with Crippen molar-refractivity contribution in [2.45, 2.75) is 18.3 Å². The fourth-order valence-electron chi connectivity index (χ4n) is 2.72. The minimum atomic E-state index is 0. The normalized spacial score (nSPS) is 15.2. The first-order chi connectivity index (χ1) is 11.5. The number of aliphatic imine (C=N–C) groups is 1. The lowest BCUT2D eigenvalue weighted by atomic mass is 9.96. The van der Waals surface area contributed by atoms with Crippen molar-refractivity contribution in [2.24, 2.45) is 10.7 Å². The van der Waals surface area contributed by atoms with Gasteiger partial charge in [0.05, 0.1) is 18.7 Å². The van der Waals surface area contributed by atoms with E-state index in [-0.39, 0.29) is 29.4 Å². The van der Waals surface area contributed by atoms with Crippen LogP contribution in [0.2, 0.25) is 10.0 Å². The highest BCUT2D eigenvalue weighted by Crippen LogP contribution is 2.50. The van der Waals surface area contributed by atoms with E-state index in [0.29, 0.717) is 23.3 Å². The van der Waals surface area contributed by atoms with Crippen LogP contribution in [0.5, 0.6) is 5.75 Å². The van der Waals surface area contributed by atoms with E-state index in [2.05, 4.69) is 16.4 Å². The topological polar surface area (TPSA) is 59.6 Å². The van der Waals surface area contributed by atoms with E-state index < -0.39 is 0 Å². The summed E-state index contributed by atoms with van der Waals surface area (Å²) in [6, 6.07) is 13.3. The van der Waals surface area contributed by atoms with Crippen molar-refractivity contribution < 1.29 is 4.74 Å². The molecular weight excluding hydrogens is 472 g/mol. The number of nitrogens with zero attached hydrogens (tertiary/aromatic N) is 1. The number of hydrogen-bond acceptors (Lipinski definition) is 2. The van der Waals surface area contributed by atoms with Crippen molar-refractivity contribution in [1.82, 2.24) is 0 Å². The molecule has 0 aliphatic heterocycles. The van der Waals surface area contributed by atoms with E-state index in [0.717, 1.165) is 29.1 Å². The molecule has 0 spiro atoms. The average Bonchev–Trinajstić information content (AvgIpc) is 3.35. The predicted octanol–water partition coefficient (Wildman–Crippen LogP) is 5.08. The average molecular weight is 492 g/mol. The van der Waals surface area contributed by atoms with Gasteiger partial charge in [-0.1, -0.05) is 41.4 Å². The Hall–Kier alpha value is -1.18. The van der Waals surface area contributed by atoms with Crippen LogP contribution in [0.15, 0.2) is 47.5 Å². The van der Waals surface area contributed by atoms with E-state index in [1.807, 2.05) is 24.3 Å². The summed E-state index contributed by atoms with van der Waals surface area (Å²) in [7, 11) is 1.58. The quantitative estimate of drug-likeness (QED) is 0.348. The number of halogens is 3. The third kappa shape index (κ3) is 4.71. The Morgan fingerprint density at radius 1 is 1.20 bits per heavy atom. The second-order valence-corrected chi connectivity index (χ2v) is 6.75. The predicted molar refractivity (Wildman–Crippen MR) is 116 cm³/mol. The van der Waals surface area contributed by atoms with Gasteiger partial charge in [0, 0.05) is 16.1 Å². The molecule has 0 bridgehead atoms. The first-order valence-electron chi connectivity index (χ1n) is 7.69. The Bertz CT molecular complexity index is 779. The molecule has 2 aromatic carbocycles. The van der Waals surface area contributed by atoms with Crippen molar-refractivity contribution in [1.29, 1.82) is 0 Å². The van der Waals surface area contributed by atoms with Crippen molar-refractivity contribution in [3.8, 4) is 5.75 Å². The van der Waals surface area contributed by atoms with Gasteiger partial charge in [0.1, 0.15) is 5.75 Å². The summed E-state index contributed by atoms with van der Waals surface area (Å²) >= 11 is 12.4. The summed E-state index contributed by atoms with van der Waals surface area (Å²) in [6.07, 6.45) is 2.14. The highest BCUT2D eigenvalue weighted by Gasteiger charge is 2.45. The number of ether oxygens (including phenoxy) is 1.